The van der Waals surface area contributed by atoms with Gasteiger partial charge < -0.3 is 0 Å². The molecule has 1 aliphatic rings. The molecule has 28 heavy (non-hydrogen) atoms. The summed E-state index contributed by atoms with van der Waals surface area (Å²) in [6.07, 6.45) is 2.36. The molecule has 0 heterocycles. The van der Waals surface area contributed by atoms with Crippen LogP contribution in [0.3, 0.4) is 0 Å². The van der Waals surface area contributed by atoms with Crippen LogP contribution in [0.2, 0.25) is 0 Å². The first kappa shape index (κ1) is 21.7. The molecule has 3 nitrogen and oxygen atoms in total. The summed E-state index contributed by atoms with van der Waals surface area (Å²) in [6.45, 7) is 10.0. The fourth-order valence-corrected chi connectivity index (χ4v) is 5.86. The van der Waals surface area contributed by atoms with E-state index in [2.05, 4.69) is 62.4 Å². The third kappa shape index (κ3) is 4.58. The first-order valence-electron chi connectivity index (χ1n) is 9.53. The minimum absolute atomic E-state index is 0.0599. The molecule has 5 heteroatoms. The van der Waals surface area contributed by atoms with Crippen molar-refractivity contribution in [3.05, 3.63) is 53.1 Å². The van der Waals surface area contributed by atoms with Crippen LogP contribution in [0, 0.1) is 0 Å². The third-order valence-electron chi connectivity index (χ3n) is 5.58. The molecule has 0 amide bonds. The number of halogens is 1. The van der Waals surface area contributed by atoms with Crippen LogP contribution in [0.5, 0.6) is 5.75 Å². The molecule has 0 saturated carbocycles. The van der Waals surface area contributed by atoms with Crippen LogP contribution in [-0.4, -0.2) is 37.1 Å². The molecule has 150 valence electrons. The van der Waals surface area contributed by atoms with Crippen molar-refractivity contribution in [2.24, 2.45) is 0 Å². The number of carbonyl (C=O) groups is 1. The van der Waals surface area contributed by atoms with Gasteiger partial charge in [-0.15, -0.1) is 0 Å². The zero-order valence-corrected chi connectivity index (χ0v) is 20.7. The molecule has 0 saturated heterocycles. The van der Waals surface area contributed by atoms with E-state index in [-0.39, 0.29) is 25.8 Å². The molecule has 0 spiro atoms. The van der Waals surface area contributed by atoms with Crippen molar-refractivity contribution in [1.29, 1.82) is 0 Å². The molecule has 2 aromatic rings. The molecule has 0 bridgehead atoms. The molecule has 0 atom stereocenters. The number of hydrogen-bond acceptors (Lipinski definition) is 2. The fourth-order valence-electron chi connectivity index (χ4n) is 3.71. The summed E-state index contributed by atoms with van der Waals surface area (Å²) in [4.78, 5) is 11.1. The maximum atomic E-state index is 11.1. The van der Waals surface area contributed by atoms with E-state index < -0.39 is 5.97 Å². The van der Waals surface area contributed by atoms with Crippen molar-refractivity contribution in [2.45, 2.75) is 51.4 Å². The summed E-state index contributed by atoms with van der Waals surface area (Å²) < 4.78 is 9.51. The Morgan fingerprint density at radius 1 is 1.07 bits per heavy atom. The summed E-state index contributed by atoms with van der Waals surface area (Å²) in [5.74, 6) is 0.103. The standard InChI is InChI=1S/C23H27IO3Se/c1-22(2)9-10-23(3,4)18-14-20(19(13-17(18)22)27-12-11-24)28-16-7-5-15(6-8-16)21(25)26/h5-8,13-14H,9-12H2,1-4H3,(H,25,26). The average molecular weight is 557 g/mol. The van der Waals surface area contributed by atoms with E-state index >= 15 is 0 Å². The van der Waals surface area contributed by atoms with E-state index in [1.807, 2.05) is 12.1 Å². The van der Waals surface area contributed by atoms with E-state index in [1.165, 1.54) is 28.4 Å². The van der Waals surface area contributed by atoms with Gasteiger partial charge in [-0.3, -0.25) is 0 Å². The molecule has 0 aromatic heterocycles. The predicted octanol–water partition coefficient (Wildman–Crippen LogP) is 4.20. The normalized spacial score (nSPS) is 17.0. The number of alkyl halides is 1. The van der Waals surface area contributed by atoms with E-state index in [0.29, 0.717) is 12.2 Å². The molecule has 3 rings (SSSR count). The SMILES string of the molecule is CC1(C)CCC(C)(C)c2cc([Se]c3ccc(C(=O)O)cc3)c(OCCI)cc21. The van der Waals surface area contributed by atoms with Gasteiger partial charge in [0, 0.05) is 0 Å². The number of fused-ring (bicyclic) bond motifs is 1. The molecule has 1 aliphatic carbocycles. The van der Waals surface area contributed by atoms with Gasteiger partial charge in [-0.25, -0.2) is 0 Å². The summed E-state index contributed by atoms with van der Waals surface area (Å²) in [7, 11) is 0. The number of carboxylic acid groups (broad SMARTS) is 1. The van der Waals surface area contributed by atoms with Gasteiger partial charge in [-0.05, 0) is 0 Å². The van der Waals surface area contributed by atoms with Crippen LogP contribution in [-0.2, 0) is 10.8 Å². The Bertz CT molecular complexity index is 872. The molecule has 0 radical (unpaired) electrons. The van der Waals surface area contributed by atoms with Crippen LogP contribution >= 0.6 is 22.6 Å². The summed E-state index contributed by atoms with van der Waals surface area (Å²) in [5, 5.41) is 9.13. The van der Waals surface area contributed by atoms with Crippen molar-refractivity contribution >= 4 is 52.4 Å². The molecule has 2 aromatic carbocycles. The Hall–Kier alpha value is -1.04. The summed E-state index contributed by atoms with van der Waals surface area (Å²) >= 11 is 2.40. The van der Waals surface area contributed by atoms with Crippen molar-refractivity contribution in [1.82, 2.24) is 0 Å². The summed E-state index contributed by atoms with van der Waals surface area (Å²) in [6, 6.07) is 11.9. The van der Waals surface area contributed by atoms with Crippen LogP contribution in [0.25, 0.3) is 0 Å². The molecule has 1 N–H and O–H groups in total. The van der Waals surface area contributed by atoms with Gasteiger partial charge in [0.2, 0.25) is 0 Å². The van der Waals surface area contributed by atoms with Crippen molar-refractivity contribution in [3.63, 3.8) is 0 Å². The summed E-state index contributed by atoms with van der Waals surface area (Å²) in [5.41, 5.74) is 3.49. The topological polar surface area (TPSA) is 46.5 Å². The van der Waals surface area contributed by atoms with Crippen LogP contribution in [0.1, 0.15) is 62.0 Å². The second kappa shape index (κ2) is 8.37. The Morgan fingerprint density at radius 2 is 1.64 bits per heavy atom. The molecule has 0 fully saturated rings. The number of benzene rings is 2. The van der Waals surface area contributed by atoms with E-state index in [4.69, 9.17) is 9.84 Å². The number of aromatic carboxylic acids is 1. The fraction of sp³-hybridized carbons (Fsp3) is 0.435. The van der Waals surface area contributed by atoms with Crippen molar-refractivity contribution in [2.75, 3.05) is 11.0 Å². The van der Waals surface area contributed by atoms with Gasteiger partial charge in [0.25, 0.3) is 0 Å². The Balaban J connectivity index is 2.04. The van der Waals surface area contributed by atoms with Gasteiger partial charge in [0.1, 0.15) is 0 Å². The zero-order valence-electron chi connectivity index (χ0n) is 16.8. The minimum atomic E-state index is -0.886. The van der Waals surface area contributed by atoms with Crippen LogP contribution in [0.15, 0.2) is 36.4 Å². The van der Waals surface area contributed by atoms with Crippen molar-refractivity contribution in [3.8, 4) is 5.75 Å². The monoisotopic (exact) mass is 558 g/mol. The Kier molecular flexibility index (Phi) is 6.47. The maximum absolute atomic E-state index is 11.1. The van der Waals surface area contributed by atoms with Crippen LogP contribution in [0.4, 0.5) is 0 Å². The first-order valence-corrected chi connectivity index (χ1v) is 12.8. The molecular formula is C23H27IO3Se. The molecule has 0 unspecified atom stereocenters. The number of rotatable bonds is 6. The number of ether oxygens (including phenoxy) is 1. The van der Waals surface area contributed by atoms with E-state index in [0.717, 1.165) is 14.6 Å². The second-order valence-corrected chi connectivity index (χ2v) is 12.0. The number of carboxylic acids is 1. The van der Waals surface area contributed by atoms with E-state index in [9.17, 15) is 4.79 Å². The van der Waals surface area contributed by atoms with Gasteiger partial charge >= 0.3 is 188 Å². The average Bonchev–Trinajstić information content (AvgIpc) is 2.64. The van der Waals surface area contributed by atoms with Gasteiger partial charge in [0.15, 0.2) is 0 Å². The van der Waals surface area contributed by atoms with Gasteiger partial charge in [0.05, 0.1) is 0 Å². The first-order chi connectivity index (χ1) is 13.1. The van der Waals surface area contributed by atoms with Crippen LogP contribution < -0.4 is 13.7 Å². The quantitative estimate of drug-likeness (QED) is 0.329. The Labute approximate surface area is 187 Å². The number of hydrogen-bond donors (Lipinski definition) is 1. The van der Waals surface area contributed by atoms with Crippen molar-refractivity contribution < 1.29 is 14.6 Å². The van der Waals surface area contributed by atoms with E-state index in [1.54, 1.807) is 12.1 Å². The van der Waals surface area contributed by atoms with Gasteiger partial charge in [-0.1, -0.05) is 0 Å². The second-order valence-electron chi connectivity index (χ2n) is 8.58. The Morgan fingerprint density at radius 3 is 2.18 bits per heavy atom. The molecular weight excluding hydrogens is 530 g/mol. The van der Waals surface area contributed by atoms with Gasteiger partial charge in [-0.2, -0.15) is 0 Å². The predicted molar refractivity (Wildman–Crippen MR) is 125 cm³/mol. The zero-order chi connectivity index (χ0) is 20.5. The molecule has 0 aliphatic heterocycles. The third-order valence-corrected chi connectivity index (χ3v) is 8.22.